The number of rotatable bonds is 4. The first-order valence-corrected chi connectivity index (χ1v) is 14.8. The quantitative estimate of drug-likeness (QED) is 0.259. The molecule has 0 N–H and O–H groups in total. The maximum Gasteiger partial charge on any atom is 0.216 e. The predicted octanol–water partition coefficient (Wildman–Crippen LogP) is 9.24. The summed E-state index contributed by atoms with van der Waals surface area (Å²) >= 11 is 0. The summed E-state index contributed by atoms with van der Waals surface area (Å²) in [5.74, 6) is 2.65. The van der Waals surface area contributed by atoms with Crippen molar-refractivity contribution in [2.24, 2.45) is 18.9 Å². The summed E-state index contributed by atoms with van der Waals surface area (Å²) in [4.78, 5) is 0. The molecule has 3 heteroatoms. The Kier molecular flexibility index (Phi) is 6.77. The molecule has 0 unspecified atom stereocenters. The van der Waals surface area contributed by atoms with E-state index in [1.54, 1.807) is 0 Å². The molecule has 4 aromatic rings. The van der Waals surface area contributed by atoms with Crippen molar-refractivity contribution in [2.75, 3.05) is 0 Å². The van der Waals surface area contributed by atoms with Crippen molar-refractivity contribution >= 4 is 21.9 Å². The van der Waals surface area contributed by atoms with Gasteiger partial charge in [0.2, 0.25) is 5.69 Å². The molecule has 2 aromatic carbocycles. The third-order valence-corrected chi connectivity index (χ3v) is 9.77. The molecule has 2 fully saturated rings. The van der Waals surface area contributed by atoms with E-state index >= 15 is 0 Å². The lowest BCUT2D eigenvalue weighted by atomic mass is 9.69. The van der Waals surface area contributed by atoms with Crippen LogP contribution in [-0.2, 0) is 7.05 Å². The molecule has 0 bridgehead atoms. The molecular weight excluding hydrogens is 464 g/mol. The zero-order chi connectivity index (χ0) is 26.4. The molecule has 2 heterocycles. The molecule has 38 heavy (non-hydrogen) atoms. The second-order valence-corrected chi connectivity index (χ2v) is 12.4. The first kappa shape index (κ1) is 25.2. The fraction of sp³-hybridized carbons (Fsp3) is 0.486. The van der Waals surface area contributed by atoms with E-state index < -0.39 is 0 Å². The molecule has 3 nitrogen and oxygen atoms in total. The Labute approximate surface area is 227 Å². The second kappa shape index (κ2) is 10.2. The number of benzene rings is 2. The van der Waals surface area contributed by atoms with Crippen LogP contribution in [0, 0.1) is 30.1 Å². The van der Waals surface area contributed by atoms with Gasteiger partial charge in [-0.15, -0.1) is 0 Å². The Bertz CT molecular complexity index is 1520. The molecule has 0 radical (unpaired) electrons. The number of furan rings is 1. The van der Waals surface area contributed by atoms with Gasteiger partial charge in [-0.1, -0.05) is 58.1 Å². The minimum atomic E-state index is 0.402. The van der Waals surface area contributed by atoms with E-state index in [1.165, 1.54) is 74.6 Å². The van der Waals surface area contributed by atoms with Gasteiger partial charge in [-0.25, -0.2) is 4.57 Å². The van der Waals surface area contributed by atoms with Gasteiger partial charge < -0.3 is 4.42 Å². The molecule has 6 rings (SSSR count). The normalized spacial score (nSPS) is 20.8. The van der Waals surface area contributed by atoms with Crippen LogP contribution in [0.1, 0.15) is 106 Å². The molecule has 0 aliphatic heterocycles. The zero-order valence-electron chi connectivity index (χ0n) is 23.5. The number of pyridine rings is 1. The van der Waals surface area contributed by atoms with E-state index in [-0.39, 0.29) is 0 Å². The van der Waals surface area contributed by atoms with Crippen LogP contribution in [0.2, 0.25) is 0 Å². The van der Waals surface area contributed by atoms with Crippen molar-refractivity contribution < 1.29 is 8.98 Å². The molecule has 0 spiro atoms. The average Bonchev–Trinajstić information content (AvgIpc) is 3.32. The van der Waals surface area contributed by atoms with Crippen LogP contribution in [0.4, 0.5) is 0 Å². The zero-order valence-corrected chi connectivity index (χ0v) is 23.5. The van der Waals surface area contributed by atoms with E-state index in [9.17, 15) is 5.26 Å². The molecule has 2 saturated carbocycles. The number of hydrogen-bond donors (Lipinski definition) is 0. The fourth-order valence-electron chi connectivity index (χ4n) is 7.52. The first-order valence-electron chi connectivity index (χ1n) is 14.8. The third kappa shape index (κ3) is 4.33. The highest BCUT2D eigenvalue weighted by atomic mass is 16.3. The van der Waals surface area contributed by atoms with E-state index in [0.717, 1.165) is 50.5 Å². The Morgan fingerprint density at radius 2 is 1.55 bits per heavy atom. The van der Waals surface area contributed by atoms with Gasteiger partial charge in [-0.2, -0.15) is 5.26 Å². The summed E-state index contributed by atoms with van der Waals surface area (Å²) in [5.41, 5.74) is 8.72. The SMILES string of the molecule is Cc1ccc2c(oc3c(C4CCC(C5CCCCC5)CC4)c(C#N)ccc32)c1-c1cc(C(C)C)cc[n+]1C. The molecule has 2 aromatic heterocycles. The van der Waals surface area contributed by atoms with Crippen molar-refractivity contribution in [3.05, 3.63) is 64.8 Å². The Morgan fingerprint density at radius 1 is 0.868 bits per heavy atom. The largest absolute Gasteiger partial charge is 0.455 e. The smallest absolute Gasteiger partial charge is 0.216 e. The summed E-state index contributed by atoms with van der Waals surface area (Å²) in [6, 6.07) is 15.6. The van der Waals surface area contributed by atoms with Crippen LogP contribution in [0.3, 0.4) is 0 Å². The van der Waals surface area contributed by atoms with E-state index in [1.807, 2.05) is 6.07 Å². The Balaban J connectivity index is 1.46. The Hall–Kier alpha value is -3.12. The molecular formula is C35H41N2O+. The Morgan fingerprint density at radius 3 is 2.26 bits per heavy atom. The van der Waals surface area contributed by atoms with Crippen LogP contribution in [0.25, 0.3) is 33.2 Å². The topological polar surface area (TPSA) is 40.8 Å². The maximum absolute atomic E-state index is 10.1. The number of fused-ring (bicyclic) bond motifs is 3. The summed E-state index contributed by atoms with van der Waals surface area (Å²) in [6.45, 7) is 6.66. The standard InChI is InChI=1S/C35H41N2O/c1-22(2)27-18-19-37(4)31(20-27)32-23(3)10-16-29-30-17-15-28(21-36)33(35(30)38-34(29)32)26-13-11-25(12-14-26)24-8-6-5-7-9-24/h10,15-20,22,24-26H,5-9,11-14H2,1-4H3/q+1. The number of aromatic nitrogens is 1. The molecule has 196 valence electrons. The van der Waals surface area contributed by atoms with Gasteiger partial charge in [-0.05, 0) is 79.5 Å². The van der Waals surface area contributed by atoms with Crippen LogP contribution < -0.4 is 4.57 Å². The highest BCUT2D eigenvalue weighted by Gasteiger charge is 2.32. The lowest BCUT2D eigenvalue weighted by Gasteiger charge is -2.36. The van der Waals surface area contributed by atoms with Crippen molar-refractivity contribution in [3.8, 4) is 17.3 Å². The maximum atomic E-state index is 10.1. The molecule has 0 amide bonds. The summed E-state index contributed by atoms with van der Waals surface area (Å²) in [5, 5.41) is 12.4. The van der Waals surface area contributed by atoms with Gasteiger partial charge in [0.25, 0.3) is 0 Å². The molecule has 0 saturated heterocycles. The van der Waals surface area contributed by atoms with Crippen LogP contribution >= 0.6 is 0 Å². The second-order valence-electron chi connectivity index (χ2n) is 12.4. The van der Waals surface area contributed by atoms with Crippen LogP contribution in [0.5, 0.6) is 0 Å². The lowest BCUT2D eigenvalue weighted by molar-refractivity contribution is -0.660. The number of aryl methyl sites for hydroxylation is 2. The minimum Gasteiger partial charge on any atom is -0.455 e. The highest BCUT2D eigenvalue weighted by Crippen LogP contribution is 2.47. The summed E-state index contributed by atoms with van der Waals surface area (Å²) < 4.78 is 9.08. The number of nitriles is 1. The summed E-state index contributed by atoms with van der Waals surface area (Å²) in [6.07, 6.45) is 14.2. The highest BCUT2D eigenvalue weighted by molar-refractivity contribution is 6.11. The van der Waals surface area contributed by atoms with Crippen LogP contribution in [-0.4, -0.2) is 0 Å². The first-order chi connectivity index (χ1) is 18.5. The molecule has 2 aliphatic rings. The number of nitrogens with zero attached hydrogens (tertiary/aromatic N) is 2. The van der Waals surface area contributed by atoms with Crippen molar-refractivity contribution in [1.29, 1.82) is 5.26 Å². The van der Waals surface area contributed by atoms with E-state index in [2.05, 4.69) is 75.0 Å². The lowest BCUT2D eigenvalue weighted by Crippen LogP contribution is -2.31. The van der Waals surface area contributed by atoms with Gasteiger partial charge in [0.15, 0.2) is 6.20 Å². The van der Waals surface area contributed by atoms with Crippen molar-refractivity contribution in [1.82, 2.24) is 0 Å². The minimum absolute atomic E-state index is 0.402. The van der Waals surface area contributed by atoms with E-state index in [0.29, 0.717) is 11.8 Å². The summed E-state index contributed by atoms with van der Waals surface area (Å²) in [7, 11) is 2.12. The monoisotopic (exact) mass is 505 g/mol. The molecule has 0 atom stereocenters. The fourth-order valence-corrected chi connectivity index (χ4v) is 7.52. The third-order valence-electron chi connectivity index (χ3n) is 9.77. The van der Waals surface area contributed by atoms with Gasteiger partial charge in [0, 0.05) is 28.5 Å². The van der Waals surface area contributed by atoms with Crippen molar-refractivity contribution in [3.63, 3.8) is 0 Å². The number of hydrogen-bond acceptors (Lipinski definition) is 2. The van der Waals surface area contributed by atoms with Gasteiger partial charge in [0.05, 0.1) is 17.2 Å². The van der Waals surface area contributed by atoms with Gasteiger partial charge >= 0.3 is 0 Å². The molecule has 2 aliphatic carbocycles. The van der Waals surface area contributed by atoms with E-state index in [4.69, 9.17) is 4.42 Å². The van der Waals surface area contributed by atoms with Gasteiger partial charge in [0.1, 0.15) is 18.2 Å². The van der Waals surface area contributed by atoms with Crippen LogP contribution in [0.15, 0.2) is 47.0 Å². The van der Waals surface area contributed by atoms with Crippen molar-refractivity contribution in [2.45, 2.75) is 90.4 Å². The van der Waals surface area contributed by atoms with Gasteiger partial charge in [-0.3, -0.25) is 0 Å². The predicted molar refractivity (Wildman–Crippen MR) is 155 cm³/mol. The average molecular weight is 506 g/mol.